The maximum atomic E-state index is 11.0. The molecule has 1 aliphatic carbocycles. The van der Waals surface area contributed by atoms with Crippen molar-refractivity contribution in [2.75, 3.05) is 13.6 Å². The van der Waals surface area contributed by atoms with Gasteiger partial charge in [0, 0.05) is 12.5 Å². The molecule has 2 rings (SSSR count). The van der Waals surface area contributed by atoms with Gasteiger partial charge >= 0.3 is 0 Å². The maximum Gasteiger partial charge on any atom is 0.0728 e. The molecule has 0 spiro atoms. The van der Waals surface area contributed by atoms with Gasteiger partial charge in [-0.1, -0.05) is 43.5 Å². The van der Waals surface area contributed by atoms with Crippen LogP contribution in [0.2, 0.25) is 0 Å². The normalized spacial score (nSPS) is 20.2. The highest BCUT2D eigenvalue weighted by molar-refractivity contribution is 5.28. The Balaban J connectivity index is 2.22. The maximum absolute atomic E-state index is 11.0. The molecule has 0 bridgehead atoms. The molecule has 0 amide bonds. The summed E-state index contributed by atoms with van der Waals surface area (Å²) < 4.78 is 0. The summed E-state index contributed by atoms with van der Waals surface area (Å²) in [5.41, 5.74) is 1.50. The average Bonchev–Trinajstić information content (AvgIpc) is 2.45. The van der Waals surface area contributed by atoms with Gasteiger partial charge in [-0.3, -0.25) is 0 Å². The second-order valence-electron chi connectivity index (χ2n) is 5.67. The number of likely N-dealkylation sites (N-methyl/N-ethyl adjacent to an activating group) is 1. The summed E-state index contributed by atoms with van der Waals surface area (Å²) in [5, 5.41) is 23.3. The summed E-state index contributed by atoms with van der Waals surface area (Å²) in [6.45, 7) is 0.857. The van der Waals surface area contributed by atoms with Crippen molar-refractivity contribution in [3.05, 3.63) is 35.4 Å². The third kappa shape index (κ3) is 3.35. The lowest BCUT2D eigenvalue weighted by Gasteiger charge is -2.39. The molecule has 1 aliphatic rings. The number of aliphatic hydroxyl groups excluding tert-OH is 1. The first-order chi connectivity index (χ1) is 9.19. The second-order valence-corrected chi connectivity index (χ2v) is 5.67. The number of nitrogens with one attached hydrogen (secondary N) is 1. The molecule has 0 aliphatic heterocycles. The van der Waals surface area contributed by atoms with Crippen LogP contribution in [0.4, 0.5) is 0 Å². The molecule has 106 valence electrons. The molecule has 1 fully saturated rings. The molecular formula is C16H25NO2. The third-order valence-electron chi connectivity index (χ3n) is 4.34. The van der Waals surface area contributed by atoms with Crippen molar-refractivity contribution in [1.82, 2.24) is 5.32 Å². The number of aliphatic hydroxyl groups is 2. The summed E-state index contributed by atoms with van der Waals surface area (Å²) in [5.74, 6) is 0.130. The number of hydrogen-bond acceptors (Lipinski definition) is 3. The van der Waals surface area contributed by atoms with Gasteiger partial charge in [0.15, 0.2) is 0 Å². The minimum absolute atomic E-state index is 0.0707. The standard InChI is InChI=1S/C16H25NO2/c1-17-11-15(16(19)9-3-2-4-10-16)14-7-5-13(12-18)6-8-14/h5-8,15,17-19H,2-4,9-12H2,1H3/t15-/m0/s1. The first kappa shape index (κ1) is 14.5. The lowest BCUT2D eigenvalue weighted by Crippen LogP contribution is -2.42. The van der Waals surface area contributed by atoms with Gasteiger partial charge in [-0.15, -0.1) is 0 Å². The SMILES string of the molecule is CNC[C@@H](c1ccc(CO)cc1)C1(O)CCCCC1. The molecule has 3 nitrogen and oxygen atoms in total. The summed E-state index contributed by atoms with van der Waals surface area (Å²) in [6, 6.07) is 7.98. The Morgan fingerprint density at radius 1 is 1.16 bits per heavy atom. The summed E-state index contributed by atoms with van der Waals surface area (Å²) in [7, 11) is 1.93. The van der Waals surface area contributed by atoms with Crippen LogP contribution in [0, 0.1) is 0 Å². The Labute approximate surface area is 115 Å². The summed E-state index contributed by atoms with van der Waals surface area (Å²) in [4.78, 5) is 0. The lowest BCUT2D eigenvalue weighted by molar-refractivity contribution is -0.0211. The van der Waals surface area contributed by atoms with Gasteiger partial charge in [0.05, 0.1) is 12.2 Å². The highest BCUT2D eigenvalue weighted by Crippen LogP contribution is 2.39. The van der Waals surface area contributed by atoms with Gasteiger partial charge < -0.3 is 15.5 Å². The Kier molecular flexibility index (Phi) is 4.97. The second kappa shape index (κ2) is 6.51. The van der Waals surface area contributed by atoms with Gasteiger partial charge in [0.25, 0.3) is 0 Å². The van der Waals surface area contributed by atoms with Crippen molar-refractivity contribution in [2.24, 2.45) is 0 Å². The van der Waals surface area contributed by atoms with Crippen LogP contribution in [-0.2, 0) is 6.61 Å². The van der Waals surface area contributed by atoms with E-state index in [9.17, 15) is 5.11 Å². The quantitative estimate of drug-likeness (QED) is 0.763. The average molecular weight is 263 g/mol. The van der Waals surface area contributed by atoms with Gasteiger partial charge in [0.1, 0.15) is 0 Å². The van der Waals surface area contributed by atoms with E-state index in [4.69, 9.17) is 5.11 Å². The van der Waals surface area contributed by atoms with E-state index in [1.54, 1.807) is 0 Å². The zero-order valence-electron chi connectivity index (χ0n) is 11.7. The Bertz CT molecular complexity index is 382. The van der Waals surface area contributed by atoms with Crippen molar-refractivity contribution >= 4 is 0 Å². The van der Waals surface area contributed by atoms with E-state index in [-0.39, 0.29) is 12.5 Å². The lowest BCUT2D eigenvalue weighted by atomic mass is 9.72. The molecule has 0 aromatic heterocycles. The van der Waals surface area contributed by atoms with Crippen LogP contribution in [-0.4, -0.2) is 29.4 Å². The fraction of sp³-hybridized carbons (Fsp3) is 0.625. The van der Waals surface area contributed by atoms with Crippen LogP contribution in [0.15, 0.2) is 24.3 Å². The fourth-order valence-electron chi connectivity index (χ4n) is 3.19. The van der Waals surface area contributed by atoms with Crippen LogP contribution in [0.5, 0.6) is 0 Å². The van der Waals surface area contributed by atoms with E-state index in [0.717, 1.165) is 43.4 Å². The molecule has 3 heteroatoms. The van der Waals surface area contributed by atoms with Gasteiger partial charge in [-0.25, -0.2) is 0 Å². The van der Waals surface area contributed by atoms with Crippen molar-refractivity contribution in [3.63, 3.8) is 0 Å². The van der Waals surface area contributed by atoms with Crippen molar-refractivity contribution < 1.29 is 10.2 Å². The first-order valence-corrected chi connectivity index (χ1v) is 7.26. The molecule has 1 atom stereocenters. The van der Waals surface area contributed by atoms with Crippen LogP contribution < -0.4 is 5.32 Å². The van der Waals surface area contributed by atoms with E-state index >= 15 is 0 Å². The van der Waals surface area contributed by atoms with Gasteiger partial charge in [0.2, 0.25) is 0 Å². The van der Waals surface area contributed by atoms with Crippen molar-refractivity contribution in [1.29, 1.82) is 0 Å². The molecular weight excluding hydrogens is 238 g/mol. The third-order valence-corrected chi connectivity index (χ3v) is 4.34. The van der Waals surface area contributed by atoms with Crippen LogP contribution in [0.3, 0.4) is 0 Å². The Hall–Kier alpha value is -0.900. The van der Waals surface area contributed by atoms with E-state index in [0.29, 0.717) is 0 Å². The van der Waals surface area contributed by atoms with Gasteiger partial charge in [-0.05, 0) is 31.0 Å². The largest absolute Gasteiger partial charge is 0.392 e. The topological polar surface area (TPSA) is 52.5 Å². The predicted octanol–water partition coefficient (Wildman–Crippen LogP) is 2.18. The zero-order valence-corrected chi connectivity index (χ0v) is 11.7. The Morgan fingerprint density at radius 3 is 2.32 bits per heavy atom. The monoisotopic (exact) mass is 263 g/mol. The first-order valence-electron chi connectivity index (χ1n) is 7.26. The predicted molar refractivity (Wildman–Crippen MR) is 77.1 cm³/mol. The molecule has 19 heavy (non-hydrogen) atoms. The van der Waals surface area contributed by atoms with Crippen LogP contribution in [0.25, 0.3) is 0 Å². The molecule has 1 aromatic carbocycles. The molecule has 0 heterocycles. The highest BCUT2D eigenvalue weighted by atomic mass is 16.3. The number of hydrogen-bond donors (Lipinski definition) is 3. The molecule has 1 saturated carbocycles. The van der Waals surface area contributed by atoms with Gasteiger partial charge in [-0.2, -0.15) is 0 Å². The van der Waals surface area contributed by atoms with Crippen LogP contribution >= 0.6 is 0 Å². The molecule has 0 saturated heterocycles. The minimum Gasteiger partial charge on any atom is -0.392 e. The molecule has 1 aromatic rings. The van der Waals surface area contributed by atoms with Crippen LogP contribution in [0.1, 0.15) is 49.1 Å². The molecule has 0 unspecified atom stereocenters. The number of rotatable bonds is 5. The number of benzene rings is 1. The van der Waals surface area contributed by atoms with E-state index < -0.39 is 5.60 Å². The van der Waals surface area contributed by atoms with Crippen molar-refractivity contribution in [3.8, 4) is 0 Å². The highest BCUT2D eigenvalue weighted by Gasteiger charge is 2.38. The smallest absolute Gasteiger partial charge is 0.0728 e. The fourth-order valence-corrected chi connectivity index (χ4v) is 3.19. The summed E-state index contributed by atoms with van der Waals surface area (Å²) in [6.07, 6.45) is 5.25. The molecule has 0 radical (unpaired) electrons. The van der Waals surface area contributed by atoms with E-state index in [1.165, 1.54) is 6.42 Å². The summed E-state index contributed by atoms with van der Waals surface area (Å²) >= 11 is 0. The minimum atomic E-state index is -0.581. The molecule has 3 N–H and O–H groups in total. The van der Waals surface area contributed by atoms with E-state index in [1.807, 2.05) is 31.3 Å². The van der Waals surface area contributed by atoms with E-state index in [2.05, 4.69) is 5.32 Å². The Morgan fingerprint density at radius 2 is 1.79 bits per heavy atom. The van der Waals surface area contributed by atoms with Crippen molar-refractivity contribution in [2.45, 2.75) is 50.2 Å². The zero-order chi connectivity index (χ0) is 13.7.